The first-order chi connectivity index (χ1) is 23.1. The molecule has 4 rings (SSSR count). The molecule has 2 amide bonds. The van der Waals surface area contributed by atoms with Gasteiger partial charge in [-0.15, -0.1) is 0 Å². The number of carbonyl (C=O) groups is 2. The first-order valence-corrected chi connectivity index (χ1v) is 16.2. The highest BCUT2D eigenvalue weighted by molar-refractivity contribution is 6.31. The van der Waals surface area contributed by atoms with E-state index in [0.29, 0.717) is 34.5 Å². The van der Waals surface area contributed by atoms with Crippen LogP contribution in [0.3, 0.4) is 0 Å². The molecule has 1 atom stereocenters. The number of likely N-dealkylation sites (N-methyl/N-ethyl adjacent to an activating group) is 2. The Labute approximate surface area is 289 Å². The van der Waals surface area contributed by atoms with Gasteiger partial charge < -0.3 is 20.2 Å². The van der Waals surface area contributed by atoms with Gasteiger partial charge in [-0.25, -0.2) is 14.7 Å². The van der Waals surface area contributed by atoms with Crippen molar-refractivity contribution >= 4 is 41.1 Å². The number of benzene rings is 3. The molecule has 0 saturated carbocycles. The van der Waals surface area contributed by atoms with Crippen molar-refractivity contribution in [1.29, 1.82) is 0 Å². The van der Waals surface area contributed by atoms with Crippen molar-refractivity contribution < 1.29 is 27.9 Å². The molecule has 49 heavy (non-hydrogen) atoms. The summed E-state index contributed by atoms with van der Waals surface area (Å²) < 4.78 is 41.7. The fraction of sp³-hybridized carbons (Fsp3) is 0.333. The predicted octanol–water partition coefficient (Wildman–Crippen LogP) is 8.51. The third-order valence-corrected chi connectivity index (χ3v) is 8.71. The summed E-state index contributed by atoms with van der Waals surface area (Å²) in [5.41, 5.74) is 2.72. The number of carbonyl (C=O) groups excluding carboxylic acids is 1. The van der Waals surface area contributed by atoms with Crippen LogP contribution >= 0.6 is 11.6 Å². The molecule has 4 aromatic rings. The summed E-state index contributed by atoms with van der Waals surface area (Å²) in [5, 5.41) is 13.6. The van der Waals surface area contributed by atoms with E-state index in [9.17, 15) is 27.9 Å². The lowest BCUT2D eigenvalue weighted by Crippen LogP contribution is -2.36. The van der Waals surface area contributed by atoms with Crippen molar-refractivity contribution in [3.05, 3.63) is 111 Å². The number of hydrogen-bond acceptors (Lipinski definition) is 6. The normalized spacial score (nSPS) is 12.1. The summed E-state index contributed by atoms with van der Waals surface area (Å²) in [6, 6.07) is 13.3. The third-order valence-electron chi connectivity index (χ3n) is 8.36. The van der Waals surface area contributed by atoms with Crippen LogP contribution in [0.1, 0.15) is 63.6 Å². The van der Waals surface area contributed by atoms with Crippen molar-refractivity contribution in [3.8, 4) is 0 Å². The molecule has 13 heteroatoms. The number of nitrogens with one attached hydrogen (secondary N) is 1. The van der Waals surface area contributed by atoms with E-state index in [1.165, 1.54) is 12.3 Å². The van der Waals surface area contributed by atoms with Gasteiger partial charge in [-0.1, -0.05) is 43.1 Å². The maximum absolute atomic E-state index is 13.9. The molecule has 0 bridgehead atoms. The van der Waals surface area contributed by atoms with Crippen molar-refractivity contribution in [2.45, 2.75) is 46.8 Å². The second-order valence-corrected chi connectivity index (χ2v) is 12.2. The fourth-order valence-electron chi connectivity index (χ4n) is 5.84. The average Bonchev–Trinajstić information content (AvgIpc) is 3.04. The molecule has 0 radical (unpaired) electrons. The fourth-order valence-corrected chi connectivity index (χ4v) is 6.06. The number of aromatic nitrogens is 2. The van der Waals surface area contributed by atoms with E-state index in [4.69, 9.17) is 11.6 Å². The van der Waals surface area contributed by atoms with E-state index < -0.39 is 23.9 Å². The number of amides is 2. The first-order valence-electron chi connectivity index (χ1n) is 15.8. The average molecular weight is 697 g/mol. The number of nitrogens with zero attached hydrogens (tertiary/aromatic N) is 5. The molecule has 0 fully saturated rings. The van der Waals surface area contributed by atoms with Gasteiger partial charge in [-0.05, 0) is 105 Å². The molecule has 0 aliphatic carbocycles. The maximum atomic E-state index is 13.9. The summed E-state index contributed by atoms with van der Waals surface area (Å²) >= 11 is 6.54. The number of rotatable bonds is 12. The van der Waals surface area contributed by atoms with E-state index in [2.05, 4.69) is 34.0 Å². The quantitative estimate of drug-likeness (QED) is 0.153. The van der Waals surface area contributed by atoms with Crippen LogP contribution in [0.5, 0.6) is 0 Å². The zero-order chi connectivity index (χ0) is 36.0. The molecule has 260 valence electrons. The summed E-state index contributed by atoms with van der Waals surface area (Å²) in [6.07, 6.45) is -4.80. The molecule has 1 aromatic heterocycles. The molecular weight excluding hydrogens is 657 g/mol. The van der Waals surface area contributed by atoms with Gasteiger partial charge in [-0.3, -0.25) is 4.79 Å². The standard InChI is InChI=1S/C36H40ClF3N6O3/c1-7-45(8-2)18-17-44(6)33(47)25-9-12-27(13-10-25)42-34-41-16-15-30(43-34)46(35(48)49)32(31-23(4)19-22(3)20-24(31)5)28-21-26(36(38,39)40)11-14-29(28)37/h9-16,19-21,32H,7-8,17-18H2,1-6H3,(H,48,49)(H,41,42,43). The Bertz CT molecular complexity index is 1770. The lowest BCUT2D eigenvalue weighted by atomic mass is 9.88. The summed E-state index contributed by atoms with van der Waals surface area (Å²) in [4.78, 5) is 39.5. The van der Waals surface area contributed by atoms with Crippen LogP contribution in [0.4, 0.5) is 35.4 Å². The SMILES string of the molecule is CCN(CC)CCN(C)C(=O)c1ccc(Nc2nccc(N(C(=O)O)C(c3cc(C(F)(F)F)ccc3Cl)c3c(C)cc(C)cc3C)n2)cc1. The molecule has 1 heterocycles. The number of anilines is 3. The molecule has 9 nitrogen and oxygen atoms in total. The largest absolute Gasteiger partial charge is 0.465 e. The van der Waals surface area contributed by atoms with Crippen LogP contribution in [0.2, 0.25) is 5.02 Å². The molecule has 2 N–H and O–H groups in total. The monoisotopic (exact) mass is 696 g/mol. The van der Waals surface area contributed by atoms with E-state index >= 15 is 0 Å². The van der Waals surface area contributed by atoms with Gasteiger partial charge in [0.05, 0.1) is 11.6 Å². The Kier molecular flexibility index (Phi) is 11.9. The zero-order valence-corrected chi connectivity index (χ0v) is 29.0. The second kappa shape index (κ2) is 15.7. The number of halogens is 4. The molecule has 0 aliphatic heterocycles. The topological polar surface area (TPSA) is 102 Å². The maximum Gasteiger partial charge on any atom is 0.416 e. The Hall–Kier alpha value is -4.68. The van der Waals surface area contributed by atoms with Gasteiger partial charge in [0.25, 0.3) is 5.91 Å². The number of carboxylic acid groups (broad SMARTS) is 1. The van der Waals surface area contributed by atoms with Gasteiger partial charge in [-0.2, -0.15) is 18.2 Å². The number of aryl methyl sites for hydroxylation is 3. The van der Waals surface area contributed by atoms with Crippen molar-refractivity contribution in [3.63, 3.8) is 0 Å². The molecule has 0 aliphatic rings. The highest BCUT2D eigenvalue weighted by Crippen LogP contribution is 2.42. The lowest BCUT2D eigenvalue weighted by molar-refractivity contribution is -0.137. The van der Waals surface area contributed by atoms with Crippen LogP contribution in [0.25, 0.3) is 0 Å². The Morgan fingerprint density at radius 2 is 1.57 bits per heavy atom. The van der Waals surface area contributed by atoms with E-state index in [-0.39, 0.29) is 28.3 Å². The Balaban J connectivity index is 1.70. The van der Waals surface area contributed by atoms with Crippen LogP contribution in [0, 0.1) is 20.8 Å². The summed E-state index contributed by atoms with van der Waals surface area (Å²) in [7, 11) is 1.75. The zero-order valence-electron chi connectivity index (χ0n) is 28.3. The molecule has 0 saturated heterocycles. The van der Waals surface area contributed by atoms with Gasteiger partial charge >= 0.3 is 12.3 Å². The van der Waals surface area contributed by atoms with Crippen molar-refractivity contribution in [1.82, 2.24) is 19.8 Å². The van der Waals surface area contributed by atoms with E-state index in [1.807, 2.05) is 19.1 Å². The highest BCUT2D eigenvalue weighted by atomic mass is 35.5. The number of alkyl halides is 3. The third kappa shape index (κ3) is 8.87. The molecule has 3 aromatic carbocycles. The predicted molar refractivity (Wildman–Crippen MR) is 186 cm³/mol. The van der Waals surface area contributed by atoms with Crippen LogP contribution < -0.4 is 10.2 Å². The van der Waals surface area contributed by atoms with Gasteiger partial charge in [0.15, 0.2) is 0 Å². The van der Waals surface area contributed by atoms with Crippen LogP contribution in [-0.4, -0.2) is 70.1 Å². The van der Waals surface area contributed by atoms with Gasteiger partial charge in [0.1, 0.15) is 5.82 Å². The first kappa shape index (κ1) is 37.1. The number of hydrogen-bond donors (Lipinski definition) is 2. The van der Waals surface area contributed by atoms with E-state index in [1.54, 1.807) is 50.1 Å². The van der Waals surface area contributed by atoms with Crippen LogP contribution in [0.15, 0.2) is 66.9 Å². The Morgan fingerprint density at radius 3 is 2.14 bits per heavy atom. The van der Waals surface area contributed by atoms with Gasteiger partial charge in [0.2, 0.25) is 5.95 Å². The molecular formula is C36H40ClF3N6O3. The minimum atomic E-state index is -4.69. The highest BCUT2D eigenvalue weighted by Gasteiger charge is 2.36. The Morgan fingerprint density at radius 1 is 0.939 bits per heavy atom. The van der Waals surface area contributed by atoms with Gasteiger partial charge in [0, 0.05) is 42.6 Å². The summed E-state index contributed by atoms with van der Waals surface area (Å²) in [5.74, 6) is -0.190. The molecule has 1 unspecified atom stereocenters. The van der Waals surface area contributed by atoms with Crippen molar-refractivity contribution in [2.75, 3.05) is 43.4 Å². The minimum absolute atomic E-state index is 0.0328. The smallest absolute Gasteiger partial charge is 0.416 e. The second-order valence-electron chi connectivity index (χ2n) is 11.8. The molecule has 0 spiro atoms. The van der Waals surface area contributed by atoms with E-state index in [0.717, 1.165) is 48.3 Å². The minimum Gasteiger partial charge on any atom is -0.465 e. The van der Waals surface area contributed by atoms with Crippen LogP contribution in [-0.2, 0) is 6.18 Å². The lowest BCUT2D eigenvalue weighted by Gasteiger charge is -2.32. The summed E-state index contributed by atoms with van der Waals surface area (Å²) in [6.45, 7) is 12.7. The van der Waals surface area contributed by atoms with Crippen molar-refractivity contribution in [2.24, 2.45) is 0 Å².